The van der Waals surface area contributed by atoms with Crippen molar-refractivity contribution in [2.45, 2.75) is 11.8 Å². The summed E-state index contributed by atoms with van der Waals surface area (Å²) in [6.07, 6.45) is 0. The summed E-state index contributed by atoms with van der Waals surface area (Å²) in [4.78, 5) is 0.384. The summed E-state index contributed by atoms with van der Waals surface area (Å²) >= 11 is 0. The molecule has 3 nitrogen and oxygen atoms in total. The van der Waals surface area contributed by atoms with Crippen LogP contribution in [0.5, 0.6) is 0 Å². The lowest BCUT2D eigenvalue weighted by atomic mass is 10.2. The van der Waals surface area contributed by atoms with Crippen LogP contribution < -0.4 is 5.32 Å². The topological polar surface area (TPSA) is 46.2 Å². The Bertz CT molecular complexity index is 398. The second kappa shape index (κ2) is 5.53. The molecule has 0 unspecified atom stereocenters. The van der Waals surface area contributed by atoms with E-state index < -0.39 is 8.87 Å². The zero-order valence-electron chi connectivity index (χ0n) is 8.86. The lowest BCUT2D eigenvalue weighted by Gasteiger charge is -2.03. The molecule has 5 heteroatoms. The van der Waals surface area contributed by atoms with E-state index in [4.69, 9.17) is 0 Å². The van der Waals surface area contributed by atoms with E-state index in [-0.39, 0.29) is 0 Å². The zero-order chi connectivity index (χ0) is 11.3. The Kier molecular flexibility index (Phi) is 4.63. The highest BCUT2D eigenvalue weighted by Crippen LogP contribution is 2.22. The van der Waals surface area contributed by atoms with Crippen LogP contribution in [-0.2, 0) is 8.87 Å². The van der Waals surface area contributed by atoms with Gasteiger partial charge >= 0.3 is 0 Å². The molecule has 0 radical (unpaired) electrons. The van der Waals surface area contributed by atoms with Crippen molar-refractivity contribution in [3.8, 4) is 0 Å². The fourth-order valence-electron chi connectivity index (χ4n) is 1.03. The molecule has 0 aromatic heterocycles. The molecular formula is C10H15NO2S2. The first kappa shape index (κ1) is 12.5. The Morgan fingerprint density at radius 3 is 2.40 bits per heavy atom. The van der Waals surface area contributed by atoms with Crippen molar-refractivity contribution < 1.29 is 8.42 Å². The summed E-state index contributed by atoms with van der Waals surface area (Å²) in [6.45, 7) is 2.63. The van der Waals surface area contributed by atoms with Crippen molar-refractivity contribution in [2.75, 3.05) is 19.3 Å². The van der Waals surface area contributed by atoms with Gasteiger partial charge in [-0.2, -0.15) is 0 Å². The van der Waals surface area contributed by atoms with Gasteiger partial charge in [0.25, 0.3) is 0 Å². The summed E-state index contributed by atoms with van der Waals surface area (Å²) in [7, 11) is -0.396. The predicted octanol–water partition coefficient (Wildman–Crippen LogP) is 1.64. The van der Waals surface area contributed by atoms with Crippen molar-refractivity contribution in [3.63, 3.8) is 0 Å². The highest BCUT2D eigenvalue weighted by Gasteiger charge is 2.13. The molecule has 0 spiro atoms. The van der Waals surface area contributed by atoms with Crippen molar-refractivity contribution in [1.29, 1.82) is 0 Å². The van der Waals surface area contributed by atoms with Crippen LogP contribution >= 0.6 is 10.8 Å². The average Bonchev–Trinajstić information content (AvgIpc) is 2.18. The molecule has 1 aromatic carbocycles. The zero-order valence-corrected chi connectivity index (χ0v) is 10.5. The minimum atomic E-state index is -3.17. The fraction of sp³-hybridized carbons (Fsp3) is 0.400. The normalized spacial score (nSPS) is 11.6. The van der Waals surface area contributed by atoms with Gasteiger partial charge in [0.1, 0.15) is 0 Å². The van der Waals surface area contributed by atoms with Crippen molar-refractivity contribution >= 4 is 19.7 Å². The molecule has 0 fully saturated rings. The summed E-state index contributed by atoms with van der Waals surface area (Å²) < 4.78 is 23.5. The molecule has 0 atom stereocenters. The maximum Gasteiger partial charge on any atom is 0.230 e. The van der Waals surface area contributed by atoms with Crippen LogP contribution in [0.25, 0.3) is 0 Å². The molecule has 0 aliphatic carbocycles. The third-order valence-corrected chi connectivity index (χ3v) is 5.44. The smallest absolute Gasteiger partial charge is 0.230 e. The predicted molar refractivity (Wildman–Crippen MR) is 64.7 cm³/mol. The Balaban J connectivity index is 2.73. The highest BCUT2D eigenvalue weighted by atomic mass is 33.1. The van der Waals surface area contributed by atoms with Crippen LogP contribution in [0, 0.1) is 6.92 Å². The van der Waals surface area contributed by atoms with Crippen LogP contribution in [0.2, 0.25) is 0 Å². The Hall–Kier alpha value is -0.520. The van der Waals surface area contributed by atoms with Crippen molar-refractivity contribution in [1.82, 2.24) is 5.32 Å². The minimum absolute atomic E-state index is 0.384. The summed E-state index contributed by atoms with van der Waals surface area (Å²) in [6, 6.07) is 6.92. The first-order chi connectivity index (χ1) is 7.06. The van der Waals surface area contributed by atoms with Gasteiger partial charge in [-0.25, -0.2) is 8.42 Å². The second-order valence-corrected chi connectivity index (χ2v) is 7.24. The molecule has 0 saturated carbocycles. The lowest BCUT2D eigenvalue weighted by molar-refractivity contribution is 0.610. The molecule has 1 N–H and O–H groups in total. The van der Waals surface area contributed by atoms with Crippen LogP contribution in [0.3, 0.4) is 0 Å². The first-order valence-electron chi connectivity index (χ1n) is 4.67. The van der Waals surface area contributed by atoms with E-state index in [9.17, 15) is 8.42 Å². The van der Waals surface area contributed by atoms with Gasteiger partial charge in [0.2, 0.25) is 8.87 Å². The minimum Gasteiger partial charge on any atom is -0.319 e. The van der Waals surface area contributed by atoms with Gasteiger partial charge in [-0.1, -0.05) is 17.7 Å². The van der Waals surface area contributed by atoms with Gasteiger partial charge in [0.05, 0.1) is 4.90 Å². The van der Waals surface area contributed by atoms with E-state index in [1.165, 1.54) is 0 Å². The van der Waals surface area contributed by atoms with Crippen LogP contribution in [0.4, 0.5) is 0 Å². The van der Waals surface area contributed by atoms with Crippen molar-refractivity contribution in [2.24, 2.45) is 0 Å². The lowest BCUT2D eigenvalue weighted by Crippen LogP contribution is -2.11. The molecule has 0 bridgehead atoms. The van der Waals surface area contributed by atoms with Gasteiger partial charge in [0.15, 0.2) is 0 Å². The van der Waals surface area contributed by atoms with Gasteiger partial charge in [0, 0.05) is 12.3 Å². The number of aryl methyl sites for hydroxylation is 1. The average molecular weight is 245 g/mol. The summed E-state index contributed by atoms with van der Waals surface area (Å²) in [5.74, 6) is 0.562. The number of benzene rings is 1. The molecule has 0 aliphatic heterocycles. The number of nitrogens with one attached hydrogen (secondary N) is 1. The fourth-order valence-corrected chi connectivity index (χ4v) is 3.79. The summed E-state index contributed by atoms with van der Waals surface area (Å²) in [5.41, 5.74) is 1.06. The third-order valence-electron chi connectivity index (χ3n) is 1.90. The monoisotopic (exact) mass is 245 g/mol. The second-order valence-electron chi connectivity index (χ2n) is 3.19. The number of hydrogen-bond donors (Lipinski definition) is 1. The molecule has 1 aromatic rings. The van der Waals surface area contributed by atoms with E-state index in [1.54, 1.807) is 19.2 Å². The van der Waals surface area contributed by atoms with E-state index in [2.05, 4.69) is 5.32 Å². The Labute approximate surface area is 94.6 Å². The van der Waals surface area contributed by atoms with E-state index in [1.807, 2.05) is 19.1 Å². The third kappa shape index (κ3) is 3.85. The molecule has 0 saturated heterocycles. The standard InChI is InChI=1S/C10H15NO2S2/c1-9-3-5-10(6-4-9)15(12,13)14-8-7-11-2/h3-6,11H,7-8H2,1-2H3. The maximum absolute atomic E-state index is 11.8. The van der Waals surface area contributed by atoms with Gasteiger partial charge < -0.3 is 5.32 Å². The highest BCUT2D eigenvalue weighted by molar-refractivity contribution is 8.72. The largest absolute Gasteiger partial charge is 0.319 e. The van der Waals surface area contributed by atoms with Gasteiger partial charge in [-0.3, -0.25) is 0 Å². The Morgan fingerprint density at radius 2 is 1.87 bits per heavy atom. The van der Waals surface area contributed by atoms with E-state index in [0.717, 1.165) is 16.4 Å². The molecule has 1 rings (SSSR count). The van der Waals surface area contributed by atoms with E-state index in [0.29, 0.717) is 17.2 Å². The van der Waals surface area contributed by atoms with Crippen LogP contribution in [0.15, 0.2) is 29.2 Å². The number of rotatable bonds is 5. The quantitative estimate of drug-likeness (QED) is 0.633. The Morgan fingerprint density at radius 1 is 1.27 bits per heavy atom. The molecule has 0 heterocycles. The van der Waals surface area contributed by atoms with E-state index >= 15 is 0 Å². The molecule has 15 heavy (non-hydrogen) atoms. The molecule has 0 amide bonds. The first-order valence-corrected chi connectivity index (χ1v) is 7.65. The summed E-state index contributed by atoms with van der Waals surface area (Å²) in [5, 5.41) is 2.92. The number of hydrogen-bond acceptors (Lipinski definition) is 4. The molecular weight excluding hydrogens is 230 g/mol. The maximum atomic E-state index is 11.8. The van der Waals surface area contributed by atoms with Crippen LogP contribution in [0.1, 0.15) is 5.56 Å². The van der Waals surface area contributed by atoms with Gasteiger partial charge in [-0.05, 0) is 36.9 Å². The van der Waals surface area contributed by atoms with Gasteiger partial charge in [-0.15, -0.1) is 0 Å². The SMILES string of the molecule is CNCCSS(=O)(=O)c1ccc(C)cc1. The molecule has 0 aliphatic rings. The molecule has 84 valence electrons. The van der Waals surface area contributed by atoms with Crippen LogP contribution in [-0.4, -0.2) is 27.8 Å². The van der Waals surface area contributed by atoms with Crippen molar-refractivity contribution in [3.05, 3.63) is 29.8 Å².